The van der Waals surface area contributed by atoms with Crippen LogP contribution in [0.2, 0.25) is 0 Å². The van der Waals surface area contributed by atoms with Crippen LogP contribution in [-0.2, 0) is 0 Å². The standard InChI is InChI=1S/C12H15FN4/c1-8-6-9(13)7-17-11(8)14-15-12(17)10-4-3-5-16(10)2/h6-7,10H,3-5H2,1-2H3/t10-/m0/s1. The quantitative estimate of drug-likeness (QED) is 0.756. The molecule has 1 atom stereocenters. The van der Waals surface area contributed by atoms with Gasteiger partial charge in [-0.3, -0.25) is 9.30 Å². The van der Waals surface area contributed by atoms with Crippen molar-refractivity contribution in [2.24, 2.45) is 0 Å². The lowest BCUT2D eigenvalue weighted by Crippen LogP contribution is -2.19. The highest BCUT2D eigenvalue weighted by molar-refractivity contribution is 5.46. The summed E-state index contributed by atoms with van der Waals surface area (Å²) in [4.78, 5) is 2.25. The number of aryl methyl sites for hydroxylation is 1. The monoisotopic (exact) mass is 234 g/mol. The molecule has 0 radical (unpaired) electrons. The molecule has 0 N–H and O–H groups in total. The second kappa shape index (κ2) is 3.77. The molecular weight excluding hydrogens is 219 g/mol. The molecule has 5 heteroatoms. The van der Waals surface area contributed by atoms with Gasteiger partial charge >= 0.3 is 0 Å². The van der Waals surface area contributed by atoms with Crippen molar-refractivity contribution >= 4 is 5.65 Å². The third-order valence-electron chi connectivity index (χ3n) is 3.50. The molecule has 4 nitrogen and oxygen atoms in total. The third kappa shape index (κ3) is 1.61. The highest BCUT2D eigenvalue weighted by Gasteiger charge is 2.27. The molecule has 0 saturated carbocycles. The highest BCUT2D eigenvalue weighted by Crippen LogP contribution is 2.29. The van der Waals surface area contributed by atoms with Gasteiger partial charge in [-0.05, 0) is 45.0 Å². The van der Waals surface area contributed by atoms with Crippen LogP contribution in [0.3, 0.4) is 0 Å². The van der Waals surface area contributed by atoms with Crippen LogP contribution in [0.1, 0.15) is 30.3 Å². The molecule has 1 fully saturated rings. The van der Waals surface area contributed by atoms with E-state index in [9.17, 15) is 4.39 Å². The van der Waals surface area contributed by atoms with E-state index >= 15 is 0 Å². The Labute approximate surface area is 99.1 Å². The Hall–Kier alpha value is -1.49. The van der Waals surface area contributed by atoms with Crippen molar-refractivity contribution in [1.29, 1.82) is 0 Å². The van der Waals surface area contributed by atoms with Gasteiger partial charge in [0.2, 0.25) is 0 Å². The minimum Gasteiger partial charge on any atom is -0.296 e. The number of halogens is 1. The average molecular weight is 234 g/mol. The highest BCUT2D eigenvalue weighted by atomic mass is 19.1. The minimum atomic E-state index is -0.239. The van der Waals surface area contributed by atoms with E-state index in [1.807, 2.05) is 6.92 Å². The van der Waals surface area contributed by atoms with Crippen molar-refractivity contribution in [3.8, 4) is 0 Å². The largest absolute Gasteiger partial charge is 0.296 e. The first kappa shape index (κ1) is 10.7. The number of likely N-dealkylation sites (tertiary alicyclic amines) is 1. The lowest BCUT2D eigenvalue weighted by Gasteiger charge is -2.17. The van der Waals surface area contributed by atoms with Crippen LogP contribution < -0.4 is 0 Å². The van der Waals surface area contributed by atoms with Crippen LogP contribution in [-0.4, -0.2) is 33.1 Å². The number of pyridine rings is 1. The van der Waals surface area contributed by atoms with Crippen LogP contribution in [0, 0.1) is 12.7 Å². The molecule has 0 bridgehead atoms. The number of hydrogen-bond acceptors (Lipinski definition) is 3. The van der Waals surface area contributed by atoms with Gasteiger partial charge in [0.15, 0.2) is 11.5 Å². The van der Waals surface area contributed by atoms with Gasteiger partial charge in [0.05, 0.1) is 6.04 Å². The van der Waals surface area contributed by atoms with E-state index in [1.165, 1.54) is 12.3 Å². The third-order valence-corrected chi connectivity index (χ3v) is 3.50. The molecule has 0 aromatic carbocycles. The summed E-state index contributed by atoms with van der Waals surface area (Å²) in [5, 5.41) is 8.39. The zero-order chi connectivity index (χ0) is 12.0. The molecule has 3 heterocycles. The maximum atomic E-state index is 13.4. The Balaban J connectivity index is 2.17. The molecule has 0 unspecified atom stereocenters. The summed E-state index contributed by atoms with van der Waals surface area (Å²) in [6.07, 6.45) is 3.70. The number of fused-ring (bicyclic) bond motifs is 1. The summed E-state index contributed by atoms with van der Waals surface area (Å²) in [7, 11) is 2.07. The summed E-state index contributed by atoms with van der Waals surface area (Å²) >= 11 is 0. The lowest BCUT2D eigenvalue weighted by molar-refractivity contribution is 0.304. The molecule has 1 aliphatic heterocycles. The minimum absolute atomic E-state index is 0.239. The summed E-state index contributed by atoms with van der Waals surface area (Å²) in [6, 6.07) is 1.75. The molecule has 1 aliphatic rings. The molecule has 0 spiro atoms. The van der Waals surface area contributed by atoms with Gasteiger partial charge in [0, 0.05) is 6.20 Å². The Morgan fingerprint density at radius 3 is 2.94 bits per heavy atom. The zero-order valence-electron chi connectivity index (χ0n) is 10.0. The maximum absolute atomic E-state index is 13.4. The van der Waals surface area contributed by atoms with Crippen LogP contribution >= 0.6 is 0 Å². The molecule has 1 saturated heterocycles. The summed E-state index contributed by atoms with van der Waals surface area (Å²) < 4.78 is 15.2. The summed E-state index contributed by atoms with van der Waals surface area (Å²) in [5.41, 5.74) is 1.58. The molecule has 3 rings (SSSR count). The van der Waals surface area contributed by atoms with Gasteiger partial charge in [0.25, 0.3) is 0 Å². The van der Waals surface area contributed by atoms with Crippen molar-refractivity contribution in [2.45, 2.75) is 25.8 Å². The fraction of sp³-hybridized carbons (Fsp3) is 0.500. The van der Waals surface area contributed by atoms with Crippen molar-refractivity contribution < 1.29 is 4.39 Å². The second-order valence-electron chi connectivity index (χ2n) is 4.73. The SMILES string of the molecule is Cc1cc(F)cn2c([C@@H]3CCCN3C)nnc12. The fourth-order valence-corrected chi connectivity index (χ4v) is 2.60. The first-order valence-electron chi connectivity index (χ1n) is 5.88. The summed E-state index contributed by atoms with van der Waals surface area (Å²) in [5.74, 6) is 0.610. The normalized spacial score (nSPS) is 21.5. The molecule has 2 aromatic rings. The van der Waals surface area contributed by atoms with Crippen molar-refractivity contribution in [2.75, 3.05) is 13.6 Å². The average Bonchev–Trinajstić information content (AvgIpc) is 2.84. The molecule has 0 amide bonds. The van der Waals surface area contributed by atoms with Crippen molar-refractivity contribution in [3.05, 3.63) is 29.5 Å². The number of rotatable bonds is 1. The van der Waals surface area contributed by atoms with E-state index in [1.54, 1.807) is 4.40 Å². The smallest absolute Gasteiger partial charge is 0.163 e. The van der Waals surface area contributed by atoms with Gasteiger partial charge < -0.3 is 0 Å². The number of aromatic nitrogens is 3. The fourth-order valence-electron chi connectivity index (χ4n) is 2.60. The van der Waals surface area contributed by atoms with E-state index in [-0.39, 0.29) is 11.9 Å². The van der Waals surface area contributed by atoms with E-state index in [0.29, 0.717) is 0 Å². The van der Waals surface area contributed by atoms with E-state index in [0.717, 1.165) is 36.4 Å². The van der Waals surface area contributed by atoms with Crippen LogP contribution in [0.25, 0.3) is 5.65 Å². The molecular formula is C12H15FN4. The Morgan fingerprint density at radius 1 is 1.41 bits per heavy atom. The number of hydrogen-bond donors (Lipinski definition) is 0. The van der Waals surface area contributed by atoms with E-state index < -0.39 is 0 Å². The van der Waals surface area contributed by atoms with E-state index in [2.05, 4.69) is 22.1 Å². The topological polar surface area (TPSA) is 33.4 Å². The Kier molecular flexibility index (Phi) is 2.36. The predicted molar refractivity (Wildman–Crippen MR) is 62.3 cm³/mol. The summed E-state index contributed by atoms with van der Waals surface area (Å²) in [6.45, 7) is 2.92. The Morgan fingerprint density at radius 2 is 2.24 bits per heavy atom. The van der Waals surface area contributed by atoms with Gasteiger partial charge in [-0.25, -0.2) is 4.39 Å². The van der Waals surface area contributed by atoms with Crippen LogP contribution in [0.5, 0.6) is 0 Å². The van der Waals surface area contributed by atoms with Gasteiger partial charge in [0.1, 0.15) is 5.82 Å². The predicted octanol–water partition coefficient (Wildman–Crippen LogP) is 1.94. The zero-order valence-corrected chi connectivity index (χ0v) is 10.0. The van der Waals surface area contributed by atoms with Gasteiger partial charge in [-0.15, -0.1) is 10.2 Å². The molecule has 90 valence electrons. The van der Waals surface area contributed by atoms with E-state index in [4.69, 9.17) is 0 Å². The molecule has 17 heavy (non-hydrogen) atoms. The van der Waals surface area contributed by atoms with Crippen molar-refractivity contribution in [3.63, 3.8) is 0 Å². The molecule has 2 aromatic heterocycles. The maximum Gasteiger partial charge on any atom is 0.163 e. The van der Waals surface area contributed by atoms with Crippen molar-refractivity contribution in [1.82, 2.24) is 19.5 Å². The molecule has 0 aliphatic carbocycles. The number of nitrogens with zero attached hydrogens (tertiary/aromatic N) is 4. The van der Waals surface area contributed by atoms with Crippen LogP contribution in [0.4, 0.5) is 4.39 Å². The first-order valence-corrected chi connectivity index (χ1v) is 5.88. The lowest BCUT2D eigenvalue weighted by atomic mass is 10.2. The first-order chi connectivity index (χ1) is 8.16. The van der Waals surface area contributed by atoms with Crippen LogP contribution in [0.15, 0.2) is 12.3 Å². The van der Waals surface area contributed by atoms with Gasteiger partial charge in [-0.1, -0.05) is 0 Å². The Bertz CT molecular complexity index is 563. The van der Waals surface area contributed by atoms with Gasteiger partial charge in [-0.2, -0.15) is 0 Å². The second-order valence-corrected chi connectivity index (χ2v) is 4.73.